The van der Waals surface area contributed by atoms with E-state index < -0.39 is 12.1 Å². The molecular formula is C105H84BN3O2. The lowest BCUT2D eigenvalue weighted by molar-refractivity contribution is 0.569. The molecule has 0 radical (unpaired) electrons. The van der Waals surface area contributed by atoms with E-state index in [1.807, 2.05) is 0 Å². The molecule has 6 heteroatoms. The average molecular weight is 1430 g/mol. The van der Waals surface area contributed by atoms with Crippen molar-refractivity contribution in [1.29, 1.82) is 0 Å². The Morgan fingerprint density at radius 3 is 1.18 bits per heavy atom. The summed E-state index contributed by atoms with van der Waals surface area (Å²) >= 11 is 0. The van der Waals surface area contributed by atoms with Crippen LogP contribution in [0.3, 0.4) is 0 Å². The summed E-state index contributed by atoms with van der Waals surface area (Å²) in [7, 11) is 0. The molecule has 0 unspecified atom stereocenters. The first-order chi connectivity index (χ1) is 53.7. The van der Waals surface area contributed by atoms with Gasteiger partial charge in [0.15, 0.2) is 0 Å². The number of benzene rings is 15. The van der Waals surface area contributed by atoms with Crippen molar-refractivity contribution >= 4 is 123 Å². The molecule has 3 aliphatic rings. The summed E-state index contributed by atoms with van der Waals surface area (Å²) in [6.07, 6.45) is 0. The van der Waals surface area contributed by atoms with Crippen LogP contribution in [0.4, 0.5) is 34.1 Å². The summed E-state index contributed by atoms with van der Waals surface area (Å²) in [5.74, 6) is 0. The zero-order valence-electron chi connectivity index (χ0n) is 64.7. The third-order valence-corrected chi connectivity index (χ3v) is 24.6. The van der Waals surface area contributed by atoms with Crippen LogP contribution in [-0.2, 0) is 21.7 Å². The molecule has 0 fully saturated rings. The van der Waals surface area contributed by atoms with Gasteiger partial charge in [-0.2, -0.15) is 0 Å². The van der Waals surface area contributed by atoms with Crippen LogP contribution in [0, 0.1) is 0 Å². The van der Waals surface area contributed by atoms with Crippen molar-refractivity contribution in [3.63, 3.8) is 0 Å². The standard InChI is InChI=1S/C105H84BN3O2/c1-102(2,3)72-51-69(52-73(57-72)103(4,5)6)81-61-91-98(100-95(81)79-40-23-27-44-93(79)110-100)106-97-89(108(91)85-42-25-21-38-77(85)65-34-19-14-20-35-65)59-76(107-87-48-46-66(63-30-15-12-16-31-63)55-83(87)84-56-67(47-49-88(84)107)64-32-17-13-18-33-64)60-90(97)109-86-43-26-22-39-78(86)68-36-29-37-71(50-68)105(10,11)75-54-70(53-74(58-75)104(7,8)9)82-62-92(109)99(106)101-96(82)80-41-24-28-45-94(80)111-101/h12-62H,1-11H3. The van der Waals surface area contributed by atoms with E-state index in [-0.39, 0.29) is 16.2 Å². The largest absolute Gasteiger partial charge is 0.456 e. The Hall–Kier alpha value is -12.6. The van der Waals surface area contributed by atoms with Crippen molar-refractivity contribution in [3.05, 3.63) is 337 Å². The second-order valence-corrected chi connectivity index (χ2v) is 34.8. The highest BCUT2D eigenvalue weighted by molar-refractivity contribution is 7.03. The van der Waals surface area contributed by atoms with E-state index in [4.69, 9.17) is 8.83 Å². The summed E-state index contributed by atoms with van der Waals surface area (Å²) in [5.41, 5.74) is 35.2. The van der Waals surface area contributed by atoms with E-state index in [1.54, 1.807) is 0 Å². The zero-order chi connectivity index (χ0) is 75.3. The summed E-state index contributed by atoms with van der Waals surface area (Å²) in [6, 6.07) is 117. The van der Waals surface area contributed by atoms with Gasteiger partial charge in [0.05, 0.1) is 28.1 Å². The minimum Gasteiger partial charge on any atom is -0.456 e. The highest BCUT2D eigenvalue weighted by Crippen LogP contribution is 2.56. The van der Waals surface area contributed by atoms with Crippen molar-refractivity contribution in [3.8, 4) is 72.4 Å². The molecule has 0 amide bonds. The summed E-state index contributed by atoms with van der Waals surface area (Å²) in [4.78, 5) is 5.30. The molecule has 18 aromatic rings. The predicted molar refractivity (Wildman–Crippen MR) is 470 cm³/mol. The maximum Gasteiger partial charge on any atom is 0.261 e. The summed E-state index contributed by atoms with van der Waals surface area (Å²) in [6.45, 7) is 25.5. The van der Waals surface area contributed by atoms with Crippen molar-refractivity contribution in [2.75, 3.05) is 9.80 Å². The molecule has 0 spiro atoms. The fourth-order valence-electron chi connectivity index (χ4n) is 18.6. The molecule has 3 aromatic heterocycles. The first kappa shape index (κ1) is 66.6. The van der Waals surface area contributed by atoms with E-state index in [0.29, 0.717) is 0 Å². The van der Waals surface area contributed by atoms with Gasteiger partial charge in [0.25, 0.3) is 6.71 Å². The number of rotatable bonds is 6. The van der Waals surface area contributed by atoms with Gasteiger partial charge in [-0.1, -0.05) is 313 Å². The van der Waals surface area contributed by atoms with Crippen LogP contribution in [0.5, 0.6) is 0 Å². The first-order valence-electron chi connectivity index (χ1n) is 39.3. The van der Waals surface area contributed by atoms with E-state index in [9.17, 15) is 0 Å². The Kier molecular flexibility index (Phi) is 14.5. The molecule has 111 heavy (non-hydrogen) atoms. The molecule has 15 aromatic carbocycles. The molecule has 0 aliphatic carbocycles. The number of hydrogen-bond donors (Lipinski definition) is 0. The molecule has 5 nitrogen and oxygen atoms in total. The van der Waals surface area contributed by atoms with Crippen LogP contribution in [0.25, 0.3) is 138 Å². The van der Waals surface area contributed by atoms with Gasteiger partial charge >= 0.3 is 0 Å². The lowest BCUT2D eigenvalue weighted by atomic mass is 9.33. The molecule has 6 bridgehead atoms. The monoisotopic (exact) mass is 1430 g/mol. The van der Waals surface area contributed by atoms with Gasteiger partial charge in [-0.3, -0.25) is 0 Å². The highest BCUT2D eigenvalue weighted by Gasteiger charge is 2.49. The molecule has 21 rings (SSSR count). The Bertz CT molecular complexity index is 6800. The van der Waals surface area contributed by atoms with E-state index in [1.165, 1.54) is 49.7 Å². The number of furan rings is 2. The topological polar surface area (TPSA) is 37.7 Å². The normalized spacial score (nSPS) is 13.7. The molecule has 6 heterocycles. The number of anilines is 6. The van der Waals surface area contributed by atoms with Gasteiger partial charge < -0.3 is 23.2 Å². The molecule has 0 N–H and O–H groups in total. The van der Waals surface area contributed by atoms with Gasteiger partial charge in [-0.05, 0) is 189 Å². The number of fused-ring (bicyclic) bond motifs is 25. The van der Waals surface area contributed by atoms with Gasteiger partial charge in [-0.15, -0.1) is 0 Å². The molecule has 0 atom stereocenters. The first-order valence-corrected chi connectivity index (χ1v) is 39.3. The number of nitrogens with zero attached hydrogens (tertiary/aromatic N) is 3. The van der Waals surface area contributed by atoms with E-state index >= 15 is 0 Å². The van der Waals surface area contributed by atoms with Crippen LogP contribution in [0.15, 0.2) is 318 Å². The Balaban J connectivity index is 0.995. The SMILES string of the molecule is CC(C)(C)c1cc(-c2cc3c(c4oc5ccccc5c24)B2c4c(cc(-n5c6ccc(-c7ccccc7)cc6c6cc(-c7ccccc7)ccc65)cc4N4c5ccccc5-c5cccc(c5)C(C)(C)c5cc(cc(C(C)(C)C)c5)-c5cc4c2c2oc4ccccc4c52)N3c2ccccc2-c2ccccc2)cc(C(C)(C)C)c1. The smallest absolute Gasteiger partial charge is 0.261 e. The second kappa shape index (κ2) is 24.2. The predicted octanol–water partition coefficient (Wildman–Crippen LogP) is 27.2. The minimum absolute atomic E-state index is 0.174. The van der Waals surface area contributed by atoms with E-state index in [0.717, 1.165) is 167 Å². The van der Waals surface area contributed by atoms with Crippen LogP contribution < -0.4 is 26.2 Å². The maximum absolute atomic E-state index is 7.96. The van der Waals surface area contributed by atoms with Crippen molar-refractivity contribution in [2.24, 2.45) is 0 Å². The molecule has 3 aliphatic heterocycles. The fraction of sp³-hybridized carbons (Fsp3) is 0.143. The van der Waals surface area contributed by atoms with Crippen LogP contribution >= 0.6 is 0 Å². The van der Waals surface area contributed by atoms with Crippen molar-refractivity contribution in [2.45, 2.75) is 97.8 Å². The molecule has 0 saturated carbocycles. The average Bonchev–Trinajstić information content (AvgIpc) is 1.66. The lowest BCUT2D eigenvalue weighted by Crippen LogP contribution is -2.61. The van der Waals surface area contributed by atoms with Crippen LogP contribution in [-0.4, -0.2) is 11.3 Å². The van der Waals surface area contributed by atoms with Gasteiger partial charge in [-0.25, -0.2) is 0 Å². The minimum atomic E-state index is -0.507. The van der Waals surface area contributed by atoms with Crippen molar-refractivity contribution in [1.82, 2.24) is 4.57 Å². The Labute approximate surface area is 649 Å². The summed E-state index contributed by atoms with van der Waals surface area (Å²) < 4.78 is 18.5. The van der Waals surface area contributed by atoms with Crippen molar-refractivity contribution < 1.29 is 8.83 Å². The van der Waals surface area contributed by atoms with Crippen LogP contribution in [0.1, 0.15) is 104 Å². The quantitative estimate of drug-likeness (QED) is 0.156. The second-order valence-electron chi connectivity index (χ2n) is 34.8. The maximum atomic E-state index is 7.96. The number of para-hydroxylation sites is 4. The zero-order valence-corrected chi connectivity index (χ0v) is 64.7. The number of aromatic nitrogens is 1. The number of hydrogen-bond acceptors (Lipinski definition) is 4. The van der Waals surface area contributed by atoms with Gasteiger partial charge in [0.1, 0.15) is 22.3 Å². The third kappa shape index (κ3) is 10.3. The Morgan fingerprint density at radius 1 is 0.279 bits per heavy atom. The van der Waals surface area contributed by atoms with E-state index in [2.05, 4.69) is 400 Å². The highest BCUT2D eigenvalue weighted by atomic mass is 16.3. The third-order valence-electron chi connectivity index (χ3n) is 24.6. The molecular weight excluding hydrogens is 1350 g/mol. The lowest BCUT2D eigenvalue weighted by Gasteiger charge is -2.45. The molecule has 534 valence electrons. The van der Waals surface area contributed by atoms with Gasteiger partial charge in [0.2, 0.25) is 0 Å². The Morgan fingerprint density at radius 2 is 0.685 bits per heavy atom. The van der Waals surface area contributed by atoms with Gasteiger partial charge in [0, 0.05) is 71.6 Å². The summed E-state index contributed by atoms with van der Waals surface area (Å²) in [5, 5.41) is 6.65. The fourth-order valence-corrected chi connectivity index (χ4v) is 18.6. The molecule has 0 saturated heterocycles. The van der Waals surface area contributed by atoms with Crippen LogP contribution in [0.2, 0.25) is 0 Å².